The smallest absolute Gasteiger partial charge is 0.213 e. The highest BCUT2D eigenvalue weighted by Crippen LogP contribution is 2.22. The summed E-state index contributed by atoms with van der Waals surface area (Å²) in [6, 6.07) is 7.99. The quantitative estimate of drug-likeness (QED) is 0.849. The van der Waals surface area contributed by atoms with Crippen LogP contribution in [0.2, 0.25) is 0 Å². The predicted octanol–water partition coefficient (Wildman–Crippen LogP) is 3.04. The van der Waals surface area contributed by atoms with Crippen LogP contribution in [0.4, 0.5) is 5.82 Å². The third-order valence-corrected chi connectivity index (χ3v) is 4.24. The first kappa shape index (κ1) is 15.7. The molecule has 1 atom stereocenters. The zero-order chi connectivity index (χ0) is 16.1. The average Bonchev–Trinajstić information content (AvgIpc) is 2.60. The Morgan fingerprint density at radius 1 is 1.30 bits per heavy atom. The maximum Gasteiger partial charge on any atom is 0.213 e. The number of rotatable bonds is 5. The second-order valence-electron chi connectivity index (χ2n) is 6.10. The van der Waals surface area contributed by atoms with Crippen molar-refractivity contribution in [3.05, 3.63) is 42.0 Å². The van der Waals surface area contributed by atoms with E-state index >= 15 is 0 Å². The van der Waals surface area contributed by atoms with Gasteiger partial charge in [-0.25, -0.2) is 15.0 Å². The van der Waals surface area contributed by atoms with Crippen molar-refractivity contribution in [3.8, 4) is 5.88 Å². The van der Waals surface area contributed by atoms with Gasteiger partial charge in [0.15, 0.2) is 0 Å². The first-order valence-corrected chi connectivity index (χ1v) is 8.37. The van der Waals surface area contributed by atoms with Crippen molar-refractivity contribution in [2.75, 3.05) is 24.6 Å². The van der Waals surface area contributed by atoms with Gasteiger partial charge in [-0.3, -0.25) is 0 Å². The summed E-state index contributed by atoms with van der Waals surface area (Å²) in [7, 11) is 0. The van der Waals surface area contributed by atoms with E-state index in [2.05, 4.69) is 32.8 Å². The minimum Gasteiger partial charge on any atom is -0.477 e. The Balaban J connectivity index is 1.59. The number of aryl methyl sites for hydroxylation is 2. The summed E-state index contributed by atoms with van der Waals surface area (Å²) in [5.41, 5.74) is 2.08. The monoisotopic (exact) mass is 312 g/mol. The number of piperidine rings is 1. The van der Waals surface area contributed by atoms with Gasteiger partial charge in [0.2, 0.25) is 5.88 Å². The molecule has 0 aliphatic carbocycles. The van der Waals surface area contributed by atoms with Gasteiger partial charge in [0.25, 0.3) is 0 Å². The van der Waals surface area contributed by atoms with E-state index in [1.165, 1.54) is 12.8 Å². The number of ether oxygens (including phenoxy) is 1. The number of pyridine rings is 1. The molecule has 0 amide bonds. The fraction of sp³-hybridized carbons (Fsp3) is 0.500. The van der Waals surface area contributed by atoms with E-state index < -0.39 is 0 Å². The molecule has 5 nitrogen and oxygen atoms in total. The van der Waals surface area contributed by atoms with E-state index in [1.807, 2.05) is 25.1 Å². The Hall–Kier alpha value is -2.17. The van der Waals surface area contributed by atoms with Crippen molar-refractivity contribution in [2.45, 2.75) is 33.1 Å². The van der Waals surface area contributed by atoms with E-state index in [0.29, 0.717) is 12.5 Å². The molecule has 0 N–H and O–H groups in total. The summed E-state index contributed by atoms with van der Waals surface area (Å²) in [6.07, 6.45) is 4.97. The summed E-state index contributed by atoms with van der Waals surface area (Å²) in [5.74, 6) is 2.26. The zero-order valence-electron chi connectivity index (χ0n) is 13.9. The third kappa shape index (κ3) is 4.18. The lowest BCUT2D eigenvalue weighted by Crippen LogP contribution is -2.38. The lowest BCUT2D eigenvalue weighted by molar-refractivity contribution is 0.221. The summed E-state index contributed by atoms with van der Waals surface area (Å²) in [5, 5.41) is 0. The second-order valence-corrected chi connectivity index (χ2v) is 6.10. The zero-order valence-corrected chi connectivity index (χ0v) is 13.9. The first-order chi connectivity index (χ1) is 11.2. The summed E-state index contributed by atoms with van der Waals surface area (Å²) in [6.45, 7) is 6.84. The van der Waals surface area contributed by atoms with Crippen LogP contribution in [0.3, 0.4) is 0 Å². The molecule has 23 heavy (non-hydrogen) atoms. The van der Waals surface area contributed by atoms with E-state index in [0.717, 1.165) is 42.6 Å². The van der Waals surface area contributed by atoms with Gasteiger partial charge in [0.05, 0.1) is 6.61 Å². The molecule has 0 spiro atoms. The van der Waals surface area contributed by atoms with Gasteiger partial charge in [0, 0.05) is 42.5 Å². The van der Waals surface area contributed by atoms with Gasteiger partial charge in [-0.15, -0.1) is 0 Å². The van der Waals surface area contributed by atoms with Crippen molar-refractivity contribution in [1.82, 2.24) is 15.0 Å². The van der Waals surface area contributed by atoms with Crippen molar-refractivity contribution in [1.29, 1.82) is 0 Å². The second kappa shape index (κ2) is 7.40. The van der Waals surface area contributed by atoms with Crippen LogP contribution < -0.4 is 9.64 Å². The molecule has 1 saturated heterocycles. The molecular formula is C18H24N4O. The van der Waals surface area contributed by atoms with E-state index in [1.54, 1.807) is 6.33 Å². The van der Waals surface area contributed by atoms with Gasteiger partial charge < -0.3 is 9.64 Å². The van der Waals surface area contributed by atoms with Crippen molar-refractivity contribution < 1.29 is 4.74 Å². The Morgan fingerprint density at radius 2 is 2.22 bits per heavy atom. The molecule has 1 aliphatic rings. The largest absolute Gasteiger partial charge is 0.477 e. The number of aromatic nitrogens is 3. The van der Waals surface area contributed by atoms with E-state index in [-0.39, 0.29) is 0 Å². The van der Waals surface area contributed by atoms with Crippen LogP contribution in [0.5, 0.6) is 5.88 Å². The number of nitrogens with zero attached hydrogens (tertiary/aromatic N) is 4. The summed E-state index contributed by atoms with van der Waals surface area (Å²) < 4.78 is 5.88. The van der Waals surface area contributed by atoms with Gasteiger partial charge >= 0.3 is 0 Å². The SMILES string of the molecule is CCc1cc(N2CCCC(COc3cccc(C)n3)C2)ncn1. The lowest BCUT2D eigenvalue weighted by Gasteiger charge is -2.33. The van der Waals surface area contributed by atoms with Gasteiger partial charge in [-0.05, 0) is 32.3 Å². The topological polar surface area (TPSA) is 51.1 Å². The van der Waals surface area contributed by atoms with Crippen molar-refractivity contribution >= 4 is 5.82 Å². The molecule has 3 rings (SSSR count). The van der Waals surface area contributed by atoms with Crippen LogP contribution >= 0.6 is 0 Å². The fourth-order valence-electron chi connectivity index (χ4n) is 2.96. The van der Waals surface area contributed by atoms with Gasteiger partial charge in [-0.1, -0.05) is 13.0 Å². The highest BCUT2D eigenvalue weighted by molar-refractivity contribution is 5.39. The highest BCUT2D eigenvalue weighted by Gasteiger charge is 2.22. The molecule has 2 aromatic rings. The molecule has 1 aliphatic heterocycles. The molecular weight excluding hydrogens is 288 g/mol. The highest BCUT2D eigenvalue weighted by atomic mass is 16.5. The minimum atomic E-state index is 0.506. The molecule has 0 saturated carbocycles. The first-order valence-electron chi connectivity index (χ1n) is 8.37. The fourth-order valence-corrected chi connectivity index (χ4v) is 2.96. The van der Waals surface area contributed by atoms with Crippen LogP contribution in [0.15, 0.2) is 30.6 Å². The van der Waals surface area contributed by atoms with Gasteiger partial charge in [0.1, 0.15) is 12.1 Å². The van der Waals surface area contributed by atoms with Crippen LogP contribution in [-0.2, 0) is 6.42 Å². The van der Waals surface area contributed by atoms with Gasteiger partial charge in [-0.2, -0.15) is 0 Å². The van der Waals surface area contributed by atoms with Crippen LogP contribution in [0.25, 0.3) is 0 Å². The van der Waals surface area contributed by atoms with E-state index in [4.69, 9.17) is 4.74 Å². The average molecular weight is 312 g/mol. The molecule has 2 aromatic heterocycles. The molecule has 0 aromatic carbocycles. The number of hydrogen-bond acceptors (Lipinski definition) is 5. The van der Waals surface area contributed by atoms with E-state index in [9.17, 15) is 0 Å². The molecule has 5 heteroatoms. The van der Waals surface area contributed by atoms with Crippen LogP contribution in [-0.4, -0.2) is 34.6 Å². The third-order valence-electron chi connectivity index (χ3n) is 4.24. The Morgan fingerprint density at radius 3 is 3.04 bits per heavy atom. The Bertz CT molecular complexity index is 646. The normalized spacial score (nSPS) is 18.0. The van der Waals surface area contributed by atoms with Crippen LogP contribution in [0.1, 0.15) is 31.2 Å². The summed E-state index contributed by atoms with van der Waals surface area (Å²) in [4.78, 5) is 15.5. The van der Waals surface area contributed by atoms with Crippen LogP contribution in [0, 0.1) is 12.8 Å². The molecule has 122 valence electrons. The molecule has 1 unspecified atom stereocenters. The Kier molecular flexibility index (Phi) is 5.05. The minimum absolute atomic E-state index is 0.506. The molecule has 0 bridgehead atoms. The maximum absolute atomic E-state index is 5.88. The summed E-state index contributed by atoms with van der Waals surface area (Å²) >= 11 is 0. The predicted molar refractivity (Wildman–Crippen MR) is 90.8 cm³/mol. The van der Waals surface area contributed by atoms with Crippen molar-refractivity contribution in [2.24, 2.45) is 5.92 Å². The molecule has 3 heterocycles. The molecule has 1 fully saturated rings. The van der Waals surface area contributed by atoms with Crippen molar-refractivity contribution in [3.63, 3.8) is 0 Å². The molecule has 0 radical (unpaired) electrons. The maximum atomic E-state index is 5.88. The standard InChI is InChI=1S/C18H24N4O/c1-3-16-10-17(20-13-19-16)22-9-5-7-15(11-22)12-23-18-8-4-6-14(2)21-18/h4,6,8,10,13,15H,3,5,7,9,11-12H2,1-2H3. The number of hydrogen-bond donors (Lipinski definition) is 0. The number of anilines is 1. The Labute approximate surface area is 137 Å². The lowest BCUT2D eigenvalue weighted by atomic mass is 9.99.